The fraction of sp³-hybridized carbons (Fsp3) is 0.412. The summed E-state index contributed by atoms with van der Waals surface area (Å²) in [4.78, 5) is 16.2. The molecule has 1 fully saturated rings. The van der Waals surface area contributed by atoms with Gasteiger partial charge in [0.05, 0.1) is 18.2 Å². The molecule has 0 spiro atoms. The molecular formula is C34H41NO3S. The van der Waals surface area contributed by atoms with Gasteiger partial charge in [-0.1, -0.05) is 74.5 Å². The molecule has 1 aromatic heterocycles. The minimum absolute atomic E-state index is 0.0520. The Morgan fingerprint density at radius 1 is 1.00 bits per heavy atom. The van der Waals surface area contributed by atoms with Crippen molar-refractivity contribution in [1.29, 1.82) is 0 Å². The van der Waals surface area contributed by atoms with E-state index in [2.05, 4.69) is 80.6 Å². The van der Waals surface area contributed by atoms with E-state index in [0.29, 0.717) is 12.3 Å². The van der Waals surface area contributed by atoms with Crippen LogP contribution in [0.25, 0.3) is 12.2 Å². The second-order valence-corrected chi connectivity index (χ2v) is 12.6. The average molecular weight is 544 g/mol. The van der Waals surface area contributed by atoms with Gasteiger partial charge in [0.2, 0.25) is 0 Å². The maximum absolute atomic E-state index is 11.5. The molecule has 0 aliphatic heterocycles. The molecule has 4 nitrogen and oxygen atoms in total. The molecule has 0 saturated heterocycles. The Bertz CT molecular complexity index is 1280. The average Bonchev–Trinajstić information content (AvgIpc) is 3.67. The molecule has 0 amide bonds. The van der Waals surface area contributed by atoms with Crippen LogP contribution in [0.2, 0.25) is 0 Å². The molecule has 2 atom stereocenters. The summed E-state index contributed by atoms with van der Waals surface area (Å²) < 4.78 is 0. The fourth-order valence-electron chi connectivity index (χ4n) is 5.03. The van der Waals surface area contributed by atoms with Crippen LogP contribution < -0.4 is 0 Å². The summed E-state index contributed by atoms with van der Waals surface area (Å²) in [5.41, 5.74) is 6.88. The first-order chi connectivity index (χ1) is 18.7. The van der Waals surface area contributed by atoms with Gasteiger partial charge in [0.15, 0.2) is 0 Å². The number of aryl methyl sites for hydroxylation is 1. The van der Waals surface area contributed by atoms with Crippen molar-refractivity contribution in [2.24, 2.45) is 5.41 Å². The highest BCUT2D eigenvalue weighted by molar-refractivity contribution is 7.99. The Balaban J connectivity index is 1.53. The third-order valence-electron chi connectivity index (χ3n) is 7.50. The van der Waals surface area contributed by atoms with Gasteiger partial charge < -0.3 is 10.2 Å². The number of aliphatic hydroxyl groups excluding tert-OH is 1. The maximum atomic E-state index is 11.5. The number of pyridine rings is 1. The number of nitrogens with zero attached hydrogens (tertiary/aromatic N) is 1. The van der Waals surface area contributed by atoms with Gasteiger partial charge in [-0.05, 0) is 90.8 Å². The molecule has 1 saturated carbocycles. The normalized spacial score (nSPS) is 15.9. The second kappa shape index (κ2) is 13.5. The molecule has 1 aliphatic carbocycles. The largest absolute Gasteiger partial charge is 0.481 e. The second-order valence-electron chi connectivity index (χ2n) is 11.4. The highest BCUT2D eigenvalue weighted by atomic mass is 32.2. The number of carbonyl (C=O) groups is 1. The molecule has 0 radical (unpaired) electrons. The van der Waals surface area contributed by atoms with E-state index < -0.39 is 5.97 Å². The number of aliphatic hydroxyl groups is 1. The lowest BCUT2D eigenvalue weighted by atomic mass is 9.96. The van der Waals surface area contributed by atoms with Crippen LogP contribution in [0.1, 0.15) is 91.3 Å². The summed E-state index contributed by atoms with van der Waals surface area (Å²) in [5, 5.41) is 19.7. The Kier molecular flexibility index (Phi) is 10.0. The van der Waals surface area contributed by atoms with E-state index >= 15 is 0 Å². The first-order valence-corrected chi connectivity index (χ1v) is 15.1. The van der Waals surface area contributed by atoms with Crippen molar-refractivity contribution in [3.8, 4) is 0 Å². The fourth-order valence-corrected chi connectivity index (χ4v) is 6.60. The summed E-state index contributed by atoms with van der Waals surface area (Å²) in [7, 11) is 0. The Hall–Kier alpha value is -2.89. The summed E-state index contributed by atoms with van der Waals surface area (Å²) >= 11 is 1.90. The zero-order valence-corrected chi connectivity index (χ0v) is 24.2. The van der Waals surface area contributed by atoms with Crippen LogP contribution in [-0.4, -0.2) is 33.0 Å². The number of benzene rings is 2. The number of aliphatic carboxylic acids is 1. The van der Waals surface area contributed by atoms with Crippen molar-refractivity contribution in [2.75, 3.05) is 5.75 Å². The van der Waals surface area contributed by atoms with Gasteiger partial charge in [-0.15, -0.1) is 0 Å². The summed E-state index contributed by atoms with van der Waals surface area (Å²) in [5.74, 6) is 0.561. The van der Waals surface area contributed by atoms with Crippen LogP contribution >= 0.6 is 11.8 Å². The molecule has 2 aromatic carbocycles. The van der Waals surface area contributed by atoms with Crippen LogP contribution in [-0.2, 0) is 17.6 Å². The van der Waals surface area contributed by atoms with E-state index in [9.17, 15) is 15.0 Å². The monoisotopic (exact) mass is 543 g/mol. The van der Waals surface area contributed by atoms with E-state index in [1.807, 2.05) is 30.8 Å². The molecule has 1 aliphatic rings. The third-order valence-corrected chi connectivity index (χ3v) is 9.19. The Labute approximate surface area is 237 Å². The van der Waals surface area contributed by atoms with Crippen molar-refractivity contribution in [2.45, 2.75) is 76.6 Å². The lowest BCUT2D eigenvalue weighted by molar-refractivity contribution is -0.138. The van der Waals surface area contributed by atoms with Gasteiger partial charge in [-0.2, -0.15) is 11.8 Å². The molecule has 1 heterocycles. The number of hydrogen-bond acceptors (Lipinski definition) is 4. The van der Waals surface area contributed by atoms with Crippen molar-refractivity contribution in [1.82, 2.24) is 4.98 Å². The number of rotatable bonds is 14. The predicted octanol–water partition coefficient (Wildman–Crippen LogP) is 7.96. The lowest BCUT2D eigenvalue weighted by Gasteiger charge is -2.22. The number of aromatic nitrogens is 1. The molecule has 39 heavy (non-hydrogen) atoms. The van der Waals surface area contributed by atoms with Crippen molar-refractivity contribution in [3.05, 3.63) is 100 Å². The van der Waals surface area contributed by atoms with Gasteiger partial charge in [-0.3, -0.25) is 9.78 Å². The lowest BCUT2D eigenvalue weighted by Crippen LogP contribution is -2.13. The molecule has 2 N–H and O–H groups in total. The van der Waals surface area contributed by atoms with Gasteiger partial charge in [0, 0.05) is 16.7 Å². The highest BCUT2D eigenvalue weighted by Crippen LogP contribution is 2.53. The molecule has 206 valence electrons. The molecule has 4 rings (SSSR count). The van der Waals surface area contributed by atoms with Crippen LogP contribution in [0.4, 0.5) is 0 Å². The first kappa shape index (κ1) is 29.1. The van der Waals surface area contributed by atoms with Crippen molar-refractivity contribution < 1.29 is 15.0 Å². The van der Waals surface area contributed by atoms with E-state index in [-0.39, 0.29) is 23.2 Å². The van der Waals surface area contributed by atoms with E-state index in [1.165, 1.54) is 16.7 Å². The standard InChI is InChI=1S/C34H41NO3S/c1-24(2)31-13-7-12-30(35-31)16-14-26-8-6-11-29(21-26)32(39-23-34(18-19-34)22-33(37)38)17-15-27-9-4-5-10-28(27)20-25(3)36/h4-14,16,21,24-25,32,36H,15,17-20,22-23H2,1-3H3,(H,37,38). The maximum Gasteiger partial charge on any atom is 0.303 e. The zero-order chi connectivity index (χ0) is 27.8. The third kappa shape index (κ3) is 8.81. The van der Waals surface area contributed by atoms with Gasteiger partial charge in [-0.25, -0.2) is 0 Å². The van der Waals surface area contributed by atoms with E-state index in [0.717, 1.165) is 48.4 Å². The van der Waals surface area contributed by atoms with Crippen LogP contribution in [0, 0.1) is 5.41 Å². The number of carboxylic acid groups (broad SMARTS) is 1. The minimum atomic E-state index is -0.695. The predicted molar refractivity (Wildman–Crippen MR) is 163 cm³/mol. The number of hydrogen-bond donors (Lipinski definition) is 2. The van der Waals surface area contributed by atoms with Crippen molar-refractivity contribution in [3.63, 3.8) is 0 Å². The SMILES string of the molecule is CC(O)Cc1ccccc1CCC(SCC1(CC(=O)O)CC1)c1cccc(C=Cc2cccc(C(C)C)n2)c1. The summed E-state index contributed by atoms with van der Waals surface area (Å²) in [6.07, 6.45) is 8.61. The van der Waals surface area contributed by atoms with Crippen LogP contribution in [0.3, 0.4) is 0 Å². The minimum Gasteiger partial charge on any atom is -0.481 e. The van der Waals surface area contributed by atoms with Crippen LogP contribution in [0.15, 0.2) is 66.7 Å². The van der Waals surface area contributed by atoms with E-state index in [4.69, 9.17) is 4.98 Å². The summed E-state index contributed by atoms with van der Waals surface area (Å²) in [6, 6.07) is 23.3. The Morgan fingerprint density at radius 3 is 2.44 bits per heavy atom. The smallest absolute Gasteiger partial charge is 0.303 e. The number of carboxylic acids is 1. The molecule has 3 aromatic rings. The van der Waals surface area contributed by atoms with Crippen molar-refractivity contribution >= 4 is 29.9 Å². The van der Waals surface area contributed by atoms with Gasteiger partial charge >= 0.3 is 5.97 Å². The number of thioether (sulfide) groups is 1. The highest BCUT2D eigenvalue weighted by Gasteiger charge is 2.44. The van der Waals surface area contributed by atoms with Crippen LogP contribution in [0.5, 0.6) is 0 Å². The zero-order valence-electron chi connectivity index (χ0n) is 23.3. The van der Waals surface area contributed by atoms with Gasteiger partial charge in [0.25, 0.3) is 0 Å². The topological polar surface area (TPSA) is 70.4 Å². The quantitative estimate of drug-likeness (QED) is 0.216. The Morgan fingerprint density at radius 2 is 1.74 bits per heavy atom. The molecule has 2 unspecified atom stereocenters. The molecule has 5 heteroatoms. The molecular weight excluding hydrogens is 502 g/mol. The van der Waals surface area contributed by atoms with E-state index in [1.54, 1.807) is 0 Å². The summed E-state index contributed by atoms with van der Waals surface area (Å²) in [6.45, 7) is 6.14. The first-order valence-electron chi connectivity index (χ1n) is 14.1. The van der Waals surface area contributed by atoms with Gasteiger partial charge in [0.1, 0.15) is 0 Å². The molecule has 0 bridgehead atoms.